The molecule has 0 saturated heterocycles. The number of rotatable bonds is 9. The number of methoxy groups -OCH3 is 3. The van der Waals surface area contributed by atoms with E-state index in [-0.39, 0.29) is 69.8 Å². The van der Waals surface area contributed by atoms with Crippen molar-refractivity contribution >= 4 is 40.1 Å². The Morgan fingerprint density at radius 2 is 1.53 bits per heavy atom. The number of carboxylic acids is 1. The summed E-state index contributed by atoms with van der Waals surface area (Å²) in [5.74, 6) is -1.31. The second kappa shape index (κ2) is 12.7. The number of fused-ring (bicyclic) bond motifs is 1. The molecule has 0 spiro atoms. The zero-order chi connectivity index (χ0) is 26.5. The van der Waals surface area contributed by atoms with E-state index in [0.717, 1.165) is 11.7 Å². The molecule has 0 aliphatic heterocycles. The average Bonchev–Trinajstić information content (AvgIpc) is 3.39. The van der Waals surface area contributed by atoms with E-state index >= 15 is 0 Å². The topological polar surface area (TPSA) is 134 Å². The number of nitrogens with zero attached hydrogens (tertiary/aromatic N) is 3. The molecule has 4 aromatic rings. The number of ether oxygens (including phenoxy) is 3. The van der Waals surface area contributed by atoms with Crippen molar-refractivity contribution in [2.24, 2.45) is 0 Å². The normalized spacial score (nSPS) is 11.1. The van der Waals surface area contributed by atoms with Crippen molar-refractivity contribution in [2.45, 2.75) is 6.42 Å². The molecule has 0 radical (unpaired) electrons. The molecule has 0 aliphatic rings. The van der Waals surface area contributed by atoms with Crippen LogP contribution < -0.4 is 48.9 Å². The smallest absolute Gasteiger partial charge is 0.545 e. The SMILES string of the molecule is COc1cc(C(=O)C(Cc2ccc(C#N)cc2)=C(C(=O)[O-])c2ccc3nsnc3c2)cc(OC)c1OC.[Na+]. The zero-order valence-electron chi connectivity index (χ0n) is 21.1. The molecule has 0 unspecified atom stereocenters. The Kier molecular flexibility index (Phi) is 9.61. The summed E-state index contributed by atoms with van der Waals surface area (Å²) in [4.78, 5) is 26.5. The molecule has 38 heavy (non-hydrogen) atoms. The second-order valence-corrected chi connectivity index (χ2v) is 8.37. The maximum absolute atomic E-state index is 14.0. The summed E-state index contributed by atoms with van der Waals surface area (Å²) in [6, 6.07) is 16.3. The monoisotopic (exact) mass is 537 g/mol. The third-order valence-electron chi connectivity index (χ3n) is 5.71. The Bertz CT molecular complexity index is 1550. The summed E-state index contributed by atoms with van der Waals surface area (Å²) in [6.07, 6.45) is -0.0438. The maximum atomic E-state index is 14.0. The number of ketones is 1. The van der Waals surface area contributed by atoms with E-state index in [1.807, 2.05) is 6.07 Å². The predicted octanol–water partition coefficient (Wildman–Crippen LogP) is 0.222. The minimum atomic E-state index is -1.52. The number of allylic oxidation sites excluding steroid dienone is 1. The fourth-order valence-electron chi connectivity index (χ4n) is 3.92. The molecule has 9 nitrogen and oxygen atoms in total. The van der Waals surface area contributed by atoms with Crippen LogP contribution >= 0.6 is 11.7 Å². The summed E-state index contributed by atoms with van der Waals surface area (Å²) < 4.78 is 24.4. The Morgan fingerprint density at radius 3 is 2.08 bits per heavy atom. The molecule has 4 rings (SSSR count). The molecule has 0 aliphatic carbocycles. The fraction of sp³-hybridized carbons (Fsp3) is 0.148. The van der Waals surface area contributed by atoms with Crippen LogP contribution in [0.4, 0.5) is 0 Å². The first kappa shape index (κ1) is 28.8. The van der Waals surface area contributed by atoms with Crippen molar-refractivity contribution < 1.29 is 58.5 Å². The summed E-state index contributed by atoms with van der Waals surface area (Å²) in [5.41, 5.74) is 2.25. The number of hydrogen-bond donors (Lipinski definition) is 0. The van der Waals surface area contributed by atoms with Crippen LogP contribution in [0.5, 0.6) is 17.2 Å². The molecule has 0 bridgehead atoms. The maximum Gasteiger partial charge on any atom is 1.00 e. The van der Waals surface area contributed by atoms with E-state index < -0.39 is 11.8 Å². The van der Waals surface area contributed by atoms with Crippen LogP contribution in [0.1, 0.15) is 27.0 Å². The second-order valence-electron chi connectivity index (χ2n) is 7.84. The number of Topliss-reactive ketones (excluding diaryl/α,β-unsaturated/α-hetero) is 1. The van der Waals surface area contributed by atoms with E-state index in [1.165, 1.54) is 33.5 Å². The van der Waals surface area contributed by atoms with Crippen molar-refractivity contribution in [3.63, 3.8) is 0 Å². The average molecular weight is 538 g/mol. The van der Waals surface area contributed by atoms with Gasteiger partial charge < -0.3 is 24.1 Å². The standard InChI is InChI=1S/C27H21N3O6S.Na/c1-34-22-12-18(13-23(35-2)26(22)36-3)25(31)19(10-15-4-6-16(14-28)7-5-15)24(27(32)33)17-8-9-20-21(11-17)30-37-29-20;/h4-9,11-13H,10H2,1-3H3,(H,32,33);/q;+1/p-1. The van der Waals surface area contributed by atoms with Crippen molar-refractivity contribution in [3.05, 3.63) is 82.4 Å². The summed E-state index contributed by atoms with van der Waals surface area (Å²) in [7, 11) is 4.28. The molecular formula is C27H20N3NaO6S. The van der Waals surface area contributed by atoms with Crippen LogP contribution in [0.25, 0.3) is 16.6 Å². The minimum absolute atomic E-state index is 0. The van der Waals surface area contributed by atoms with Crippen LogP contribution in [0.3, 0.4) is 0 Å². The molecular weight excluding hydrogens is 517 g/mol. The van der Waals surface area contributed by atoms with Crippen molar-refractivity contribution in [2.75, 3.05) is 21.3 Å². The van der Waals surface area contributed by atoms with Crippen LogP contribution in [-0.4, -0.2) is 41.8 Å². The van der Waals surface area contributed by atoms with Gasteiger partial charge in [0, 0.05) is 23.1 Å². The van der Waals surface area contributed by atoms with Gasteiger partial charge in [0.1, 0.15) is 11.0 Å². The predicted molar refractivity (Wildman–Crippen MR) is 135 cm³/mol. The molecule has 186 valence electrons. The Labute approximate surface area is 244 Å². The third kappa shape index (κ3) is 5.87. The molecule has 0 N–H and O–H groups in total. The summed E-state index contributed by atoms with van der Waals surface area (Å²) in [5, 5.41) is 21.6. The molecule has 11 heteroatoms. The van der Waals surface area contributed by atoms with E-state index in [9.17, 15) is 14.7 Å². The molecule has 0 amide bonds. The van der Waals surface area contributed by atoms with E-state index in [4.69, 9.17) is 19.5 Å². The number of aromatic nitrogens is 2. The summed E-state index contributed by atoms with van der Waals surface area (Å²) in [6.45, 7) is 0. The molecule has 1 heterocycles. The quantitative estimate of drug-likeness (QED) is 0.167. The van der Waals surface area contributed by atoms with Gasteiger partial charge in [0.25, 0.3) is 0 Å². The molecule has 3 aromatic carbocycles. The van der Waals surface area contributed by atoms with Crippen molar-refractivity contribution in [1.29, 1.82) is 5.26 Å². The minimum Gasteiger partial charge on any atom is -0.545 e. The number of carboxylic acid groups (broad SMARTS) is 1. The Balaban J connectivity index is 0.00000400. The Hall–Kier alpha value is -3.75. The van der Waals surface area contributed by atoms with Crippen molar-refractivity contribution in [3.8, 4) is 23.3 Å². The first-order valence-corrected chi connectivity index (χ1v) is 11.6. The molecule has 1 aromatic heterocycles. The van der Waals surface area contributed by atoms with Gasteiger partial charge in [-0.2, -0.15) is 14.0 Å². The van der Waals surface area contributed by atoms with E-state index in [1.54, 1.807) is 42.5 Å². The van der Waals surface area contributed by atoms with Gasteiger partial charge in [-0.3, -0.25) is 4.79 Å². The van der Waals surface area contributed by atoms with Gasteiger partial charge in [-0.15, -0.1) is 0 Å². The largest absolute Gasteiger partial charge is 1.00 e. The zero-order valence-corrected chi connectivity index (χ0v) is 23.9. The molecule has 0 saturated carbocycles. The molecule has 0 fully saturated rings. The van der Waals surface area contributed by atoms with Crippen molar-refractivity contribution in [1.82, 2.24) is 8.75 Å². The van der Waals surface area contributed by atoms with Gasteiger partial charge >= 0.3 is 29.6 Å². The number of hydrogen-bond acceptors (Lipinski definition) is 10. The van der Waals surface area contributed by atoms with Crippen LogP contribution in [0.2, 0.25) is 0 Å². The number of carbonyl (C=O) groups is 2. The first-order chi connectivity index (χ1) is 17.9. The van der Waals surface area contributed by atoms with Crippen LogP contribution in [0, 0.1) is 11.3 Å². The molecule has 0 atom stereocenters. The van der Waals surface area contributed by atoms with Crippen LogP contribution in [-0.2, 0) is 11.2 Å². The van der Waals surface area contributed by atoms with Gasteiger partial charge in [0.05, 0.1) is 50.7 Å². The van der Waals surface area contributed by atoms with Gasteiger partial charge in [-0.25, -0.2) is 0 Å². The number of nitriles is 1. The fourth-order valence-corrected chi connectivity index (χ4v) is 4.44. The number of benzene rings is 3. The van der Waals surface area contributed by atoms with Crippen LogP contribution in [0.15, 0.2) is 60.2 Å². The Morgan fingerprint density at radius 1 is 0.895 bits per heavy atom. The van der Waals surface area contributed by atoms with Gasteiger partial charge in [0.2, 0.25) is 5.75 Å². The van der Waals surface area contributed by atoms with E-state index in [2.05, 4.69) is 8.75 Å². The van der Waals surface area contributed by atoms with Gasteiger partial charge in [0.15, 0.2) is 17.3 Å². The first-order valence-electron chi connectivity index (χ1n) is 10.9. The number of aliphatic carboxylic acids is 1. The number of carbonyl (C=O) groups excluding carboxylic acids is 2. The van der Waals surface area contributed by atoms with E-state index in [0.29, 0.717) is 27.9 Å². The van der Waals surface area contributed by atoms with Gasteiger partial charge in [-0.05, 0) is 47.5 Å². The van der Waals surface area contributed by atoms with Gasteiger partial charge in [-0.1, -0.05) is 18.2 Å². The summed E-state index contributed by atoms with van der Waals surface area (Å²) >= 11 is 0.999. The third-order valence-corrected chi connectivity index (χ3v) is 6.27.